The molecule has 7 heteroatoms. The number of nitrogens with zero attached hydrogens (tertiary/aromatic N) is 1. The van der Waals surface area contributed by atoms with Crippen molar-refractivity contribution in [2.24, 2.45) is 0 Å². The molecular formula is C23H20FN3O2S. The highest BCUT2D eigenvalue weighted by Crippen LogP contribution is 2.57. The van der Waals surface area contributed by atoms with Crippen LogP contribution >= 0.6 is 11.8 Å². The van der Waals surface area contributed by atoms with Crippen molar-refractivity contribution >= 4 is 40.0 Å². The van der Waals surface area contributed by atoms with Gasteiger partial charge in [0, 0.05) is 16.5 Å². The molecule has 2 N–H and O–H groups in total. The molecule has 0 saturated carbocycles. The quantitative estimate of drug-likeness (QED) is 0.679. The lowest BCUT2D eigenvalue weighted by Crippen LogP contribution is -2.54. The lowest BCUT2D eigenvalue weighted by molar-refractivity contribution is -0.116. The summed E-state index contributed by atoms with van der Waals surface area (Å²) in [4.78, 5) is 27.9. The van der Waals surface area contributed by atoms with Crippen molar-refractivity contribution in [1.82, 2.24) is 5.32 Å². The molecule has 30 heavy (non-hydrogen) atoms. The van der Waals surface area contributed by atoms with Gasteiger partial charge in [0.25, 0.3) is 11.8 Å². The Bertz CT molecular complexity index is 1190. The zero-order valence-electron chi connectivity index (χ0n) is 16.8. The van der Waals surface area contributed by atoms with Gasteiger partial charge in [-0.25, -0.2) is 4.39 Å². The number of amides is 2. The van der Waals surface area contributed by atoms with E-state index >= 15 is 0 Å². The number of rotatable bonds is 1. The molecule has 3 heterocycles. The summed E-state index contributed by atoms with van der Waals surface area (Å²) >= 11 is 0.912. The number of nitrogens with one attached hydrogen (secondary N) is 2. The molecule has 1 unspecified atom stereocenters. The van der Waals surface area contributed by atoms with E-state index in [0.29, 0.717) is 17.7 Å². The summed E-state index contributed by atoms with van der Waals surface area (Å²) in [6.45, 7) is 6.08. The Morgan fingerprint density at radius 1 is 1.13 bits per heavy atom. The van der Waals surface area contributed by atoms with E-state index in [1.165, 1.54) is 12.1 Å². The van der Waals surface area contributed by atoms with E-state index in [1.54, 1.807) is 4.90 Å². The van der Waals surface area contributed by atoms with Crippen molar-refractivity contribution in [3.8, 4) is 0 Å². The maximum Gasteiger partial charge on any atom is 0.264 e. The van der Waals surface area contributed by atoms with Crippen LogP contribution in [0.25, 0.3) is 5.57 Å². The van der Waals surface area contributed by atoms with Crippen molar-refractivity contribution < 1.29 is 14.0 Å². The number of carbonyl (C=O) groups is 2. The first kappa shape index (κ1) is 19.1. The van der Waals surface area contributed by atoms with Gasteiger partial charge < -0.3 is 10.2 Å². The summed E-state index contributed by atoms with van der Waals surface area (Å²) in [5.41, 5.74) is 2.00. The molecule has 0 radical (unpaired) electrons. The molecule has 2 amide bonds. The highest BCUT2D eigenvalue weighted by atomic mass is 32.2. The normalized spacial score (nSPS) is 26.8. The highest BCUT2D eigenvalue weighted by molar-refractivity contribution is 8.18. The smallest absolute Gasteiger partial charge is 0.264 e. The Morgan fingerprint density at radius 3 is 2.47 bits per heavy atom. The molecule has 3 aliphatic heterocycles. The van der Waals surface area contributed by atoms with Crippen molar-refractivity contribution in [3.05, 3.63) is 69.9 Å². The van der Waals surface area contributed by atoms with Crippen molar-refractivity contribution in [3.63, 3.8) is 0 Å². The van der Waals surface area contributed by atoms with E-state index in [1.807, 2.05) is 44.2 Å². The SMILES string of the molecule is CC1(c2ccccc2)CC(C)(C)N2C(=O)/C(=C3\SC(=N)NC3=O)c3cc(F)cc1c32. The molecule has 5 rings (SSSR count). The Kier molecular flexibility index (Phi) is 3.84. The van der Waals surface area contributed by atoms with Crippen LogP contribution < -0.4 is 10.2 Å². The van der Waals surface area contributed by atoms with Gasteiger partial charge in [-0.15, -0.1) is 0 Å². The molecule has 0 aliphatic carbocycles. The van der Waals surface area contributed by atoms with Crippen molar-refractivity contribution in [1.29, 1.82) is 5.41 Å². The Balaban J connectivity index is 1.86. The molecule has 152 valence electrons. The standard InChI is InChI=1S/C23H20FN3O2S/c1-22(2)11-23(3,12-7-5-4-6-8-12)15-10-13(24)9-14-16(20(29)27(22)17(14)15)18-19(28)26-21(25)30-18/h4-10H,11H2,1-3H3,(H2,25,26,28)/b18-16-. The van der Waals surface area contributed by atoms with Crippen LogP contribution in [0.4, 0.5) is 10.1 Å². The van der Waals surface area contributed by atoms with Gasteiger partial charge in [-0.3, -0.25) is 15.0 Å². The van der Waals surface area contributed by atoms with Crippen LogP contribution in [0.1, 0.15) is 43.9 Å². The lowest BCUT2D eigenvalue weighted by Gasteiger charge is -2.49. The van der Waals surface area contributed by atoms with Gasteiger partial charge in [-0.1, -0.05) is 37.3 Å². The van der Waals surface area contributed by atoms with Gasteiger partial charge in [0.2, 0.25) is 0 Å². The Hall–Kier alpha value is -2.93. The molecule has 3 aliphatic rings. The number of hydrogen-bond acceptors (Lipinski definition) is 4. The first-order valence-electron chi connectivity index (χ1n) is 9.70. The van der Waals surface area contributed by atoms with Crippen molar-refractivity contribution in [2.75, 3.05) is 4.90 Å². The Labute approximate surface area is 177 Å². The zero-order valence-corrected chi connectivity index (χ0v) is 17.6. The molecule has 5 nitrogen and oxygen atoms in total. The molecule has 2 aromatic rings. The fraction of sp³-hybridized carbons (Fsp3) is 0.261. The molecule has 0 spiro atoms. The summed E-state index contributed by atoms with van der Waals surface area (Å²) < 4.78 is 14.9. The van der Waals surface area contributed by atoms with Gasteiger partial charge in [-0.05, 0) is 55.3 Å². The van der Waals surface area contributed by atoms with Crippen LogP contribution in [0.5, 0.6) is 0 Å². The van der Waals surface area contributed by atoms with E-state index in [2.05, 4.69) is 12.2 Å². The lowest BCUT2D eigenvalue weighted by atomic mass is 9.65. The largest absolute Gasteiger partial charge is 0.302 e. The third-order valence-electron chi connectivity index (χ3n) is 6.25. The minimum Gasteiger partial charge on any atom is -0.302 e. The molecule has 2 aromatic carbocycles. The van der Waals surface area contributed by atoms with Crippen LogP contribution in [-0.2, 0) is 15.0 Å². The number of amidine groups is 1. The fourth-order valence-corrected chi connectivity index (χ4v) is 5.97. The van der Waals surface area contributed by atoms with Crippen LogP contribution in [-0.4, -0.2) is 22.5 Å². The summed E-state index contributed by atoms with van der Waals surface area (Å²) in [5, 5.41) is 10.2. The van der Waals surface area contributed by atoms with Gasteiger partial charge in [-0.2, -0.15) is 0 Å². The van der Waals surface area contributed by atoms with Crippen molar-refractivity contribution in [2.45, 2.75) is 38.1 Å². The number of benzene rings is 2. The summed E-state index contributed by atoms with van der Waals surface area (Å²) in [5.74, 6) is -1.25. The predicted octanol–water partition coefficient (Wildman–Crippen LogP) is 4.17. The second-order valence-electron chi connectivity index (χ2n) is 8.77. The summed E-state index contributed by atoms with van der Waals surface area (Å²) in [6, 6.07) is 12.8. The minimum absolute atomic E-state index is 0.0322. The fourth-order valence-electron chi connectivity index (χ4n) is 5.18. The minimum atomic E-state index is -0.559. The van der Waals surface area contributed by atoms with Crippen LogP contribution in [0.3, 0.4) is 0 Å². The van der Waals surface area contributed by atoms with Crippen LogP contribution in [0, 0.1) is 11.2 Å². The average molecular weight is 421 g/mol. The van der Waals surface area contributed by atoms with Gasteiger partial charge in [0.15, 0.2) is 5.17 Å². The number of anilines is 1. The van der Waals surface area contributed by atoms with Crippen LogP contribution in [0.15, 0.2) is 47.4 Å². The van der Waals surface area contributed by atoms with E-state index in [4.69, 9.17) is 5.41 Å². The molecule has 1 fully saturated rings. The van der Waals surface area contributed by atoms with E-state index in [-0.39, 0.29) is 21.6 Å². The molecular weight excluding hydrogens is 401 g/mol. The second kappa shape index (κ2) is 6.04. The van der Waals surface area contributed by atoms with Crippen LogP contribution in [0.2, 0.25) is 0 Å². The van der Waals surface area contributed by atoms with Gasteiger partial charge in [0.05, 0.1) is 16.2 Å². The molecule has 0 bridgehead atoms. The maximum absolute atomic E-state index is 14.9. The average Bonchev–Trinajstić information content (AvgIpc) is 3.15. The van der Waals surface area contributed by atoms with Gasteiger partial charge >= 0.3 is 0 Å². The first-order valence-corrected chi connectivity index (χ1v) is 10.5. The topological polar surface area (TPSA) is 73.3 Å². The monoisotopic (exact) mass is 421 g/mol. The molecule has 1 saturated heterocycles. The Morgan fingerprint density at radius 2 is 1.83 bits per heavy atom. The zero-order chi connectivity index (χ0) is 21.4. The van der Waals surface area contributed by atoms with E-state index in [0.717, 1.165) is 22.9 Å². The number of thioether (sulfide) groups is 1. The third-order valence-corrected chi connectivity index (χ3v) is 7.15. The molecule has 0 aromatic heterocycles. The number of hydrogen-bond donors (Lipinski definition) is 2. The maximum atomic E-state index is 14.9. The van der Waals surface area contributed by atoms with E-state index in [9.17, 15) is 14.0 Å². The summed E-state index contributed by atoms with van der Waals surface area (Å²) in [6.07, 6.45) is 0.601. The predicted molar refractivity (Wildman–Crippen MR) is 116 cm³/mol. The number of carbonyl (C=O) groups excluding carboxylic acids is 2. The van der Waals surface area contributed by atoms with Gasteiger partial charge in [0.1, 0.15) is 5.82 Å². The number of halogens is 1. The summed E-state index contributed by atoms with van der Waals surface area (Å²) in [7, 11) is 0. The second-order valence-corrected chi connectivity index (χ2v) is 9.79. The third kappa shape index (κ3) is 2.45. The molecule has 1 atom stereocenters. The first-order chi connectivity index (χ1) is 14.1. The van der Waals surface area contributed by atoms with E-state index < -0.39 is 22.7 Å². The highest BCUT2D eigenvalue weighted by Gasteiger charge is 2.54.